The summed E-state index contributed by atoms with van der Waals surface area (Å²) in [4.78, 5) is 20.2. The zero-order valence-electron chi connectivity index (χ0n) is 15.8. The average Bonchev–Trinajstić information content (AvgIpc) is 2.74. The van der Waals surface area contributed by atoms with E-state index in [0.717, 1.165) is 30.8 Å². The van der Waals surface area contributed by atoms with Gasteiger partial charge in [-0.1, -0.05) is 41.9 Å². The van der Waals surface area contributed by atoms with E-state index < -0.39 is 0 Å². The van der Waals surface area contributed by atoms with Crippen LogP contribution in [0.3, 0.4) is 0 Å². The van der Waals surface area contributed by atoms with E-state index in [1.807, 2.05) is 42.5 Å². The van der Waals surface area contributed by atoms with Crippen LogP contribution in [0.2, 0.25) is 0 Å². The fourth-order valence-corrected chi connectivity index (χ4v) is 3.52. The highest BCUT2D eigenvalue weighted by atomic mass is 16.6. The molecule has 0 N–H and O–H groups in total. The molecule has 2 aromatic carbocycles. The predicted molar refractivity (Wildman–Crippen MR) is 112 cm³/mol. The Balaban J connectivity index is 1.42. The van der Waals surface area contributed by atoms with Crippen molar-refractivity contribution < 1.29 is 9.25 Å². The van der Waals surface area contributed by atoms with Crippen LogP contribution in [0.25, 0.3) is 22.3 Å². The molecular formula is C23H24N2O3. The van der Waals surface area contributed by atoms with E-state index in [1.165, 1.54) is 25.3 Å². The zero-order valence-corrected chi connectivity index (χ0v) is 15.8. The number of rotatable bonds is 6. The van der Waals surface area contributed by atoms with Gasteiger partial charge in [-0.15, -0.1) is 0 Å². The lowest BCUT2D eigenvalue weighted by Gasteiger charge is -2.25. The summed E-state index contributed by atoms with van der Waals surface area (Å²) in [5.41, 5.74) is 2.27. The highest BCUT2D eigenvalue weighted by Crippen LogP contribution is 2.22. The molecule has 0 atom stereocenters. The third-order valence-corrected chi connectivity index (χ3v) is 5.03. The fraction of sp³-hybridized carbons (Fsp3) is 0.304. The van der Waals surface area contributed by atoms with Crippen LogP contribution in [-0.2, 0) is 4.84 Å². The molecule has 0 radical (unpaired) electrons. The molecule has 0 unspecified atom stereocenters. The van der Waals surface area contributed by atoms with Crippen molar-refractivity contribution in [1.29, 1.82) is 0 Å². The van der Waals surface area contributed by atoms with Crippen molar-refractivity contribution in [1.82, 2.24) is 4.90 Å². The van der Waals surface area contributed by atoms with Crippen LogP contribution in [0.1, 0.15) is 24.8 Å². The van der Waals surface area contributed by atoms with Crippen LogP contribution in [-0.4, -0.2) is 37.4 Å². The highest BCUT2D eigenvalue weighted by Gasteiger charge is 2.09. The van der Waals surface area contributed by atoms with Gasteiger partial charge < -0.3 is 9.25 Å². The molecule has 0 saturated carbocycles. The maximum Gasteiger partial charge on any atom is 0.193 e. The summed E-state index contributed by atoms with van der Waals surface area (Å²) >= 11 is 0. The Labute approximate surface area is 164 Å². The van der Waals surface area contributed by atoms with Gasteiger partial charge in [0.1, 0.15) is 18.0 Å². The topological polar surface area (TPSA) is 55.0 Å². The number of piperidine rings is 1. The predicted octanol–water partition coefficient (Wildman–Crippen LogP) is 4.30. The molecule has 1 aliphatic rings. The Hall–Kier alpha value is -2.92. The summed E-state index contributed by atoms with van der Waals surface area (Å²) in [5.74, 6) is 0.546. The number of likely N-dealkylation sites (tertiary alicyclic amines) is 1. The number of para-hydroxylation sites is 1. The van der Waals surface area contributed by atoms with Crippen LogP contribution in [0.4, 0.5) is 0 Å². The second kappa shape index (κ2) is 8.85. The molecule has 5 nitrogen and oxygen atoms in total. The summed E-state index contributed by atoms with van der Waals surface area (Å²) in [5, 5.41) is 4.67. The Bertz CT molecular complexity index is 1020. The lowest BCUT2D eigenvalue weighted by Crippen LogP contribution is -2.32. The number of hydrogen-bond donors (Lipinski definition) is 0. The number of nitrogens with zero attached hydrogens (tertiary/aromatic N) is 2. The van der Waals surface area contributed by atoms with Gasteiger partial charge in [0, 0.05) is 18.2 Å². The normalized spacial score (nSPS) is 15.3. The van der Waals surface area contributed by atoms with Crippen molar-refractivity contribution in [3.63, 3.8) is 0 Å². The van der Waals surface area contributed by atoms with Gasteiger partial charge >= 0.3 is 0 Å². The molecule has 5 heteroatoms. The van der Waals surface area contributed by atoms with Gasteiger partial charge in [0.05, 0.1) is 11.6 Å². The van der Waals surface area contributed by atoms with Crippen molar-refractivity contribution in [3.8, 4) is 11.3 Å². The first-order valence-corrected chi connectivity index (χ1v) is 9.81. The first-order chi connectivity index (χ1) is 13.8. The van der Waals surface area contributed by atoms with E-state index in [1.54, 1.807) is 12.3 Å². The molecule has 4 rings (SSSR count). The van der Waals surface area contributed by atoms with Crippen molar-refractivity contribution in [3.05, 3.63) is 70.4 Å². The Morgan fingerprint density at radius 2 is 1.89 bits per heavy atom. The van der Waals surface area contributed by atoms with Gasteiger partial charge in [-0.2, -0.15) is 0 Å². The molecule has 144 valence electrons. The van der Waals surface area contributed by atoms with Gasteiger partial charge in [-0.25, -0.2) is 0 Å². The van der Waals surface area contributed by atoms with E-state index in [0.29, 0.717) is 23.3 Å². The van der Waals surface area contributed by atoms with Crippen LogP contribution in [0.5, 0.6) is 0 Å². The van der Waals surface area contributed by atoms with E-state index in [-0.39, 0.29) is 5.43 Å². The maximum absolute atomic E-state index is 12.3. The summed E-state index contributed by atoms with van der Waals surface area (Å²) in [7, 11) is 0. The molecule has 28 heavy (non-hydrogen) atoms. The summed E-state index contributed by atoms with van der Waals surface area (Å²) < 4.78 is 5.91. The first-order valence-electron chi connectivity index (χ1n) is 9.81. The third-order valence-electron chi connectivity index (χ3n) is 5.03. The molecule has 0 spiro atoms. The van der Waals surface area contributed by atoms with Crippen LogP contribution in [0, 0.1) is 0 Å². The molecule has 1 aliphatic heterocycles. The van der Waals surface area contributed by atoms with Gasteiger partial charge in [0.2, 0.25) is 0 Å². The monoisotopic (exact) mass is 376 g/mol. The van der Waals surface area contributed by atoms with Crippen LogP contribution < -0.4 is 5.43 Å². The summed E-state index contributed by atoms with van der Waals surface area (Å²) in [6.07, 6.45) is 5.59. The molecule has 2 heterocycles. The molecule has 0 bridgehead atoms. The number of hydrogen-bond acceptors (Lipinski definition) is 5. The molecule has 0 amide bonds. The Morgan fingerprint density at radius 1 is 1.04 bits per heavy atom. The van der Waals surface area contributed by atoms with Crippen molar-refractivity contribution in [2.24, 2.45) is 5.16 Å². The SMILES string of the molecule is O=c1cc(-c2cccc(/C=N/OCCN3CCCCC3)c2)oc2ccccc12. The van der Waals surface area contributed by atoms with Crippen molar-refractivity contribution in [2.45, 2.75) is 19.3 Å². The lowest BCUT2D eigenvalue weighted by atomic mass is 10.1. The van der Waals surface area contributed by atoms with Gasteiger partial charge in [0.15, 0.2) is 5.43 Å². The first kappa shape index (κ1) is 18.4. The Morgan fingerprint density at radius 3 is 2.79 bits per heavy atom. The second-order valence-corrected chi connectivity index (χ2v) is 7.07. The van der Waals surface area contributed by atoms with E-state index >= 15 is 0 Å². The molecule has 1 fully saturated rings. The van der Waals surface area contributed by atoms with Crippen LogP contribution >= 0.6 is 0 Å². The molecule has 3 aromatic rings. The van der Waals surface area contributed by atoms with Crippen molar-refractivity contribution >= 4 is 17.2 Å². The van der Waals surface area contributed by atoms with Gasteiger partial charge in [-0.05, 0) is 49.7 Å². The summed E-state index contributed by atoms with van der Waals surface area (Å²) in [6.45, 7) is 3.83. The Kier molecular flexibility index (Phi) is 5.83. The van der Waals surface area contributed by atoms with E-state index in [2.05, 4.69) is 10.1 Å². The second-order valence-electron chi connectivity index (χ2n) is 7.07. The average molecular weight is 376 g/mol. The summed E-state index contributed by atoms with van der Waals surface area (Å²) in [6, 6.07) is 16.5. The maximum atomic E-state index is 12.3. The standard InChI is InChI=1S/C23H24N2O3/c26-21-16-23(28-22-10-3-2-9-20(21)22)19-8-6-7-18(15-19)17-24-27-14-13-25-11-4-1-5-12-25/h2-3,6-10,15-17H,1,4-5,11-14H2/b24-17+. The minimum atomic E-state index is -0.0445. The highest BCUT2D eigenvalue weighted by molar-refractivity contribution is 5.83. The number of oxime groups is 1. The molecule has 1 saturated heterocycles. The lowest BCUT2D eigenvalue weighted by molar-refractivity contribution is 0.103. The molecule has 0 aliphatic carbocycles. The largest absolute Gasteiger partial charge is 0.456 e. The molecular weight excluding hydrogens is 352 g/mol. The smallest absolute Gasteiger partial charge is 0.193 e. The number of fused-ring (bicyclic) bond motifs is 1. The third kappa shape index (κ3) is 4.49. The van der Waals surface area contributed by atoms with E-state index in [4.69, 9.17) is 9.25 Å². The van der Waals surface area contributed by atoms with E-state index in [9.17, 15) is 4.79 Å². The van der Waals surface area contributed by atoms with Gasteiger partial charge in [0.25, 0.3) is 0 Å². The fourth-order valence-electron chi connectivity index (χ4n) is 3.52. The van der Waals surface area contributed by atoms with Gasteiger partial charge in [-0.3, -0.25) is 9.69 Å². The minimum absolute atomic E-state index is 0.0445. The zero-order chi connectivity index (χ0) is 19.2. The minimum Gasteiger partial charge on any atom is -0.456 e. The van der Waals surface area contributed by atoms with Crippen molar-refractivity contribution in [2.75, 3.05) is 26.2 Å². The number of benzene rings is 2. The van der Waals surface area contributed by atoms with Crippen LogP contribution in [0.15, 0.2) is 69.0 Å². The quantitative estimate of drug-likeness (QED) is 0.366. The molecule has 1 aromatic heterocycles.